The van der Waals surface area contributed by atoms with Crippen molar-refractivity contribution >= 4 is 23.1 Å². The van der Waals surface area contributed by atoms with E-state index in [0.29, 0.717) is 0 Å². The van der Waals surface area contributed by atoms with Gasteiger partial charge in [-0.05, 0) is 26.7 Å². The maximum Gasteiger partial charge on any atom is 2.00 e. The topological polar surface area (TPSA) is 64.6 Å². The van der Waals surface area contributed by atoms with Gasteiger partial charge in [0.1, 0.15) is 0 Å². The van der Waals surface area contributed by atoms with Gasteiger partial charge in [-0.3, -0.25) is 0 Å². The van der Waals surface area contributed by atoms with Gasteiger partial charge in [-0.1, -0.05) is 38.5 Å². The molecule has 0 aliphatic heterocycles. The van der Waals surface area contributed by atoms with E-state index < -0.39 is 0 Å². The zero-order valence-electron chi connectivity index (χ0n) is 14.2. The van der Waals surface area contributed by atoms with Crippen molar-refractivity contribution in [2.45, 2.75) is 65.2 Å². The van der Waals surface area contributed by atoms with Crippen LogP contribution in [0.25, 0.3) is 0 Å². The SMILES string of the molecule is CCOCCCCCC[O-].CCOCCCCCC[O-].[Mg+2]. The third-order valence-corrected chi connectivity index (χ3v) is 2.77. The second kappa shape index (κ2) is 28.7. The van der Waals surface area contributed by atoms with E-state index in [1.165, 1.54) is 0 Å². The van der Waals surface area contributed by atoms with Gasteiger partial charge in [0.05, 0.1) is 0 Å². The molecule has 0 amide bonds. The van der Waals surface area contributed by atoms with Crippen LogP contribution in [0.3, 0.4) is 0 Å². The number of unbranched alkanes of at least 4 members (excludes halogenated alkanes) is 6. The third-order valence-electron chi connectivity index (χ3n) is 2.77. The first-order chi connectivity index (χ1) is 9.83. The summed E-state index contributed by atoms with van der Waals surface area (Å²) in [6.07, 6.45) is 8.28. The quantitative estimate of drug-likeness (QED) is 0.360. The summed E-state index contributed by atoms with van der Waals surface area (Å²) in [6, 6.07) is 0. The zero-order chi connectivity index (χ0) is 15.3. The van der Waals surface area contributed by atoms with Gasteiger partial charge in [0.2, 0.25) is 0 Å². The molecule has 0 aromatic carbocycles. The molecule has 0 aromatic rings. The molecule has 4 nitrogen and oxygen atoms in total. The van der Waals surface area contributed by atoms with Crippen molar-refractivity contribution < 1.29 is 19.7 Å². The first kappa shape index (κ1) is 26.5. The van der Waals surface area contributed by atoms with Crippen molar-refractivity contribution in [2.75, 3.05) is 39.6 Å². The molecule has 0 aromatic heterocycles. The molecule has 0 radical (unpaired) electrons. The van der Waals surface area contributed by atoms with Gasteiger partial charge in [0.15, 0.2) is 0 Å². The van der Waals surface area contributed by atoms with E-state index in [1.807, 2.05) is 13.8 Å². The van der Waals surface area contributed by atoms with E-state index >= 15 is 0 Å². The van der Waals surface area contributed by atoms with Crippen molar-refractivity contribution in [2.24, 2.45) is 0 Å². The second-order valence-corrected chi connectivity index (χ2v) is 4.63. The summed E-state index contributed by atoms with van der Waals surface area (Å²) >= 11 is 0. The minimum Gasteiger partial charge on any atom is -0.854 e. The van der Waals surface area contributed by atoms with Gasteiger partial charge in [-0.15, -0.1) is 13.2 Å². The Bertz CT molecular complexity index is 116. The Morgan fingerprint density at radius 2 is 0.905 bits per heavy atom. The maximum atomic E-state index is 9.99. The monoisotopic (exact) mass is 314 g/mol. The Morgan fingerprint density at radius 1 is 0.571 bits per heavy atom. The Labute approximate surface area is 147 Å². The van der Waals surface area contributed by atoms with E-state index in [0.717, 1.165) is 77.8 Å². The van der Waals surface area contributed by atoms with Gasteiger partial charge >= 0.3 is 23.1 Å². The van der Waals surface area contributed by atoms with E-state index in [9.17, 15) is 10.2 Å². The average molecular weight is 315 g/mol. The first-order valence-corrected chi connectivity index (χ1v) is 8.15. The predicted octanol–water partition coefficient (Wildman–Crippen LogP) is 1.51. The maximum absolute atomic E-state index is 9.99. The minimum absolute atomic E-state index is 0. The molecular formula is C16H34MgO4. The fourth-order valence-electron chi connectivity index (χ4n) is 1.61. The molecule has 21 heavy (non-hydrogen) atoms. The van der Waals surface area contributed by atoms with Crippen LogP contribution >= 0.6 is 0 Å². The van der Waals surface area contributed by atoms with E-state index in [1.54, 1.807) is 0 Å². The summed E-state index contributed by atoms with van der Waals surface area (Å²) in [7, 11) is 0. The fourth-order valence-corrected chi connectivity index (χ4v) is 1.61. The van der Waals surface area contributed by atoms with Crippen molar-refractivity contribution in [3.63, 3.8) is 0 Å². The van der Waals surface area contributed by atoms with Crippen LogP contribution in [0.5, 0.6) is 0 Å². The molecule has 0 fully saturated rings. The summed E-state index contributed by atoms with van der Waals surface area (Å²) in [6.45, 7) is 7.48. The molecule has 0 heterocycles. The smallest absolute Gasteiger partial charge is 0.854 e. The number of rotatable bonds is 14. The number of ether oxygens (including phenoxy) is 2. The van der Waals surface area contributed by atoms with Crippen LogP contribution in [0, 0.1) is 0 Å². The molecule has 0 bridgehead atoms. The van der Waals surface area contributed by atoms with Gasteiger partial charge in [-0.25, -0.2) is 0 Å². The Morgan fingerprint density at radius 3 is 1.19 bits per heavy atom. The molecule has 0 spiro atoms. The van der Waals surface area contributed by atoms with Gasteiger partial charge in [0.25, 0.3) is 0 Å². The van der Waals surface area contributed by atoms with Crippen LogP contribution in [0.2, 0.25) is 0 Å². The van der Waals surface area contributed by atoms with Crippen LogP contribution in [0.15, 0.2) is 0 Å². The van der Waals surface area contributed by atoms with E-state index in [4.69, 9.17) is 9.47 Å². The standard InChI is InChI=1S/2C8H17O2.Mg/c2*1-2-10-8-6-4-3-5-7-9;/h2*2-8H2,1H3;/q2*-1;+2. The van der Waals surface area contributed by atoms with Crippen molar-refractivity contribution in [3.05, 3.63) is 0 Å². The molecule has 5 heteroatoms. The van der Waals surface area contributed by atoms with Gasteiger partial charge in [-0.2, -0.15) is 0 Å². The van der Waals surface area contributed by atoms with Gasteiger partial charge in [0, 0.05) is 26.4 Å². The van der Waals surface area contributed by atoms with Crippen molar-refractivity contribution in [1.29, 1.82) is 0 Å². The summed E-state index contributed by atoms with van der Waals surface area (Å²) in [5.74, 6) is 0. The molecule has 0 aliphatic rings. The largest absolute Gasteiger partial charge is 2.00 e. The average Bonchev–Trinajstić information content (AvgIpc) is 2.47. The predicted molar refractivity (Wildman–Crippen MR) is 85.4 cm³/mol. The summed E-state index contributed by atoms with van der Waals surface area (Å²) < 4.78 is 10.3. The van der Waals surface area contributed by atoms with Crippen molar-refractivity contribution in [3.8, 4) is 0 Å². The van der Waals surface area contributed by atoms with E-state index in [2.05, 4.69) is 0 Å². The second-order valence-electron chi connectivity index (χ2n) is 4.63. The normalized spacial score (nSPS) is 9.71. The molecule has 0 saturated carbocycles. The summed E-state index contributed by atoms with van der Waals surface area (Å²) in [4.78, 5) is 0. The Hall–Kier alpha value is 0.606. The molecule has 0 saturated heterocycles. The van der Waals surface area contributed by atoms with Crippen LogP contribution in [-0.4, -0.2) is 62.7 Å². The van der Waals surface area contributed by atoms with Crippen LogP contribution in [0.1, 0.15) is 65.2 Å². The molecule has 0 rings (SSSR count). The Balaban J connectivity index is -0.000000295. The van der Waals surface area contributed by atoms with Crippen LogP contribution < -0.4 is 10.2 Å². The van der Waals surface area contributed by atoms with Crippen molar-refractivity contribution in [1.82, 2.24) is 0 Å². The van der Waals surface area contributed by atoms with Crippen LogP contribution in [-0.2, 0) is 9.47 Å². The molecule has 0 N–H and O–H groups in total. The number of hydrogen-bond acceptors (Lipinski definition) is 4. The fraction of sp³-hybridized carbons (Fsp3) is 1.00. The zero-order valence-corrected chi connectivity index (χ0v) is 15.7. The molecule has 0 unspecified atom stereocenters. The van der Waals surface area contributed by atoms with E-state index in [-0.39, 0.29) is 36.3 Å². The Kier molecular flexibility index (Phi) is 36.2. The van der Waals surface area contributed by atoms with Gasteiger partial charge < -0.3 is 19.7 Å². The number of hydrogen-bond donors (Lipinski definition) is 0. The minimum atomic E-state index is 0. The van der Waals surface area contributed by atoms with Crippen LogP contribution in [0.4, 0.5) is 0 Å². The summed E-state index contributed by atoms with van der Waals surface area (Å²) in [5.41, 5.74) is 0. The molecule has 0 atom stereocenters. The summed E-state index contributed by atoms with van der Waals surface area (Å²) in [5, 5.41) is 20.0. The third kappa shape index (κ3) is 33.4. The molecule has 124 valence electrons. The first-order valence-electron chi connectivity index (χ1n) is 8.15. The molecule has 0 aliphatic carbocycles. The molecular weight excluding hydrogens is 280 g/mol.